The molecular formula is C18H19ClN2O3. The van der Waals surface area contributed by atoms with Gasteiger partial charge < -0.3 is 16.2 Å². The minimum Gasteiger partial charge on any atom is -0.399 e. The molecule has 0 aliphatic heterocycles. The van der Waals surface area contributed by atoms with Gasteiger partial charge in [-0.15, -0.1) is 0 Å². The minimum absolute atomic E-state index is 0.0708. The van der Waals surface area contributed by atoms with Crippen molar-refractivity contribution in [1.82, 2.24) is 0 Å². The Kier molecular flexibility index (Phi) is 5.95. The number of nitrogen functional groups attached to an aromatic ring is 1. The summed E-state index contributed by atoms with van der Waals surface area (Å²) < 4.78 is 0. The summed E-state index contributed by atoms with van der Waals surface area (Å²) in [6, 6.07) is 9.73. The molecule has 2 aromatic rings. The monoisotopic (exact) mass is 346 g/mol. The number of nitrogens with two attached hydrogens (primary N) is 1. The molecule has 5 nitrogen and oxygen atoms in total. The molecule has 0 radical (unpaired) electrons. The zero-order valence-corrected chi connectivity index (χ0v) is 14.1. The van der Waals surface area contributed by atoms with Gasteiger partial charge >= 0.3 is 0 Å². The number of hydrogen-bond acceptors (Lipinski definition) is 4. The number of nitrogens with one attached hydrogen (secondary N) is 1. The van der Waals surface area contributed by atoms with Gasteiger partial charge in [-0.2, -0.15) is 0 Å². The molecule has 0 bridgehead atoms. The lowest BCUT2D eigenvalue weighted by atomic mass is 10.0. The van der Waals surface area contributed by atoms with Crippen LogP contribution in [0.1, 0.15) is 39.1 Å². The molecule has 2 aromatic carbocycles. The van der Waals surface area contributed by atoms with E-state index in [9.17, 15) is 9.59 Å². The molecule has 0 saturated heterocycles. The first-order valence-corrected chi connectivity index (χ1v) is 7.91. The number of ketones is 1. The molecule has 0 unspecified atom stereocenters. The van der Waals surface area contributed by atoms with Gasteiger partial charge in [-0.3, -0.25) is 9.59 Å². The standard InChI is InChI=1S/C18H19ClN2O3/c1-11-9-13(20)5-6-14(11)18(24)21-16-7-4-12(19)10-15(16)17(23)3-2-8-22/h4-7,9-10,22H,2-3,8,20H2,1H3,(H,21,24). The van der Waals surface area contributed by atoms with Crippen LogP contribution < -0.4 is 11.1 Å². The first-order chi connectivity index (χ1) is 11.4. The number of anilines is 2. The van der Waals surface area contributed by atoms with E-state index in [1.165, 1.54) is 6.07 Å². The van der Waals surface area contributed by atoms with E-state index in [2.05, 4.69) is 5.32 Å². The summed E-state index contributed by atoms with van der Waals surface area (Å²) in [7, 11) is 0. The second-order valence-electron chi connectivity index (χ2n) is 5.47. The van der Waals surface area contributed by atoms with Crippen LogP contribution in [0.15, 0.2) is 36.4 Å². The van der Waals surface area contributed by atoms with Crippen molar-refractivity contribution in [3.63, 3.8) is 0 Å². The van der Waals surface area contributed by atoms with Crippen LogP contribution in [-0.2, 0) is 0 Å². The van der Waals surface area contributed by atoms with Gasteiger partial charge in [0.2, 0.25) is 0 Å². The van der Waals surface area contributed by atoms with E-state index in [-0.39, 0.29) is 24.7 Å². The molecule has 0 spiro atoms. The second kappa shape index (κ2) is 7.95. The summed E-state index contributed by atoms with van der Waals surface area (Å²) in [6.07, 6.45) is 0.538. The smallest absolute Gasteiger partial charge is 0.255 e. The summed E-state index contributed by atoms with van der Waals surface area (Å²) in [5, 5.41) is 12.0. The minimum atomic E-state index is -0.328. The summed E-state index contributed by atoms with van der Waals surface area (Å²) in [6.45, 7) is 1.72. The lowest BCUT2D eigenvalue weighted by molar-refractivity contribution is 0.0972. The van der Waals surface area contributed by atoms with Gasteiger partial charge in [0.05, 0.1) is 5.69 Å². The molecule has 0 aliphatic rings. The molecule has 126 valence electrons. The fourth-order valence-electron chi connectivity index (χ4n) is 2.36. The van der Waals surface area contributed by atoms with Crippen LogP contribution >= 0.6 is 11.6 Å². The van der Waals surface area contributed by atoms with Crippen molar-refractivity contribution in [2.45, 2.75) is 19.8 Å². The Hall–Kier alpha value is -2.37. The number of halogens is 1. The summed E-state index contributed by atoms with van der Waals surface area (Å²) in [5.74, 6) is -0.512. The number of carbonyl (C=O) groups is 2. The summed E-state index contributed by atoms with van der Waals surface area (Å²) in [4.78, 5) is 24.8. The van der Waals surface area contributed by atoms with Gasteiger partial charge in [0, 0.05) is 34.9 Å². The molecule has 0 aliphatic carbocycles. The van der Waals surface area contributed by atoms with Crippen LogP contribution in [0.3, 0.4) is 0 Å². The van der Waals surface area contributed by atoms with E-state index in [0.29, 0.717) is 33.9 Å². The van der Waals surface area contributed by atoms with Crippen molar-refractivity contribution in [3.05, 3.63) is 58.1 Å². The molecule has 24 heavy (non-hydrogen) atoms. The fraction of sp³-hybridized carbons (Fsp3) is 0.222. The van der Waals surface area contributed by atoms with Gasteiger partial charge in [0.25, 0.3) is 5.91 Å². The normalized spacial score (nSPS) is 10.5. The van der Waals surface area contributed by atoms with Crippen LogP contribution in [0.5, 0.6) is 0 Å². The quantitative estimate of drug-likeness (QED) is 0.552. The van der Waals surface area contributed by atoms with E-state index in [0.717, 1.165) is 5.56 Å². The maximum atomic E-state index is 12.5. The van der Waals surface area contributed by atoms with Crippen LogP contribution in [0.2, 0.25) is 5.02 Å². The highest BCUT2D eigenvalue weighted by Gasteiger charge is 2.16. The second-order valence-corrected chi connectivity index (χ2v) is 5.91. The van der Waals surface area contributed by atoms with Crippen LogP contribution in [0.4, 0.5) is 11.4 Å². The van der Waals surface area contributed by atoms with Gasteiger partial charge in [-0.1, -0.05) is 11.6 Å². The molecular weight excluding hydrogens is 328 g/mol. The highest BCUT2D eigenvalue weighted by Crippen LogP contribution is 2.24. The molecule has 6 heteroatoms. The average Bonchev–Trinajstić information content (AvgIpc) is 2.54. The van der Waals surface area contributed by atoms with Gasteiger partial charge in [-0.05, 0) is 55.3 Å². The first-order valence-electron chi connectivity index (χ1n) is 7.53. The van der Waals surface area contributed by atoms with E-state index < -0.39 is 0 Å². The van der Waals surface area contributed by atoms with Crippen LogP contribution in [0.25, 0.3) is 0 Å². The highest BCUT2D eigenvalue weighted by molar-refractivity contribution is 6.31. The Bertz CT molecular complexity index is 775. The van der Waals surface area contributed by atoms with Crippen molar-refractivity contribution in [1.29, 1.82) is 0 Å². The zero-order valence-electron chi connectivity index (χ0n) is 13.3. The number of hydrogen-bond donors (Lipinski definition) is 3. The molecule has 4 N–H and O–H groups in total. The van der Waals surface area contributed by atoms with Crippen molar-refractivity contribution >= 4 is 34.7 Å². The van der Waals surface area contributed by atoms with Gasteiger partial charge in [-0.25, -0.2) is 0 Å². The number of aryl methyl sites for hydroxylation is 1. The Balaban J connectivity index is 2.28. The lowest BCUT2D eigenvalue weighted by Crippen LogP contribution is -2.16. The molecule has 0 aromatic heterocycles. The molecule has 2 rings (SSSR count). The molecule has 0 heterocycles. The van der Waals surface area contributed by atoms with E-state index in [1.807, 2.05) is 0 Å². The van der Waals surface area contributed by atoms with Crippen molar-refractivity contribution in [2.75, 3.05) is 17.7 Å². The fourth-order valence-corrected chi connectivity index (χ4v) is 2.53. The van der Waals surface area contributed by atoms with Crippen molar-refractivity contribution in [3.8, 4) is 0 Å². The topological polar surface area (TPSA) is 92.4 Å². The van der Waals surface area contributed by atoms with E-state index in [4.69, 9.17) is 22.4 Å². The number of aliphatic hydroxyl groups excluding tert-OH is 1. The Morgan fingerprint density at radius 1 is 1.17 bits per heavy atom. The van der Waals surface area contributed by atoms with Crippen molar-refractivity contribution < 1.29 is 14.7 Å². The molecule has 0 atom stereocenters. The van der Waals surface area contributed by atoms with Crippen LogP contribution in [-0.4, -0.2) is 23.4 Å². The first kappa shape index (κ1) is 18.0. The predicted octanol–water partition coefficient (Wildman–Crippen LogP) is 3.44. The summed E-state index contributed by atoms with van der Waals surface area (Å²) >= 11 is 5.96. The number of benzene rings is 2. The molecule has 0 saturated carbocycles. The number of aliphatic hydroxyl groups is 1. The Morgan fingerprint density at radius 3 is 2.58 bits per heavy atom. The maximum absolute atomic E-state index is 12.5. The molecule has 0 fully saturated rings. The van der Waals surface area contributed by atoms with Gasteiger partial charge in [0.15, 0.2) is 5.78 Å². The zero-order chi connectivity index (χ0) is 17.7. The number of Topliss-reactive ketones (excluding diaryl/α,β-unsaturated/α-hetero) is 1. The van der Waals surface area contributed by atoms with E-state index in [1.54, 1.807) is 37.3 Å². The van der Waals surface area contributed by atoms with Gasteiger partial charge in [0.1, 0.15) is 0 Å². The van der Waals surface area contributed by atoms with Crippen molar-refractivity contribution in [2.24, 2.45) is 0 Å². The third-order valence-corrected chi connectivity index (χ3v) is 3.82. The predicted molar refractivity (Wildman–Crippen MR) is 95.6 cm³/mol. The van der Waals surface area contributed by atoms with E-state index >= 15 is 0 Å². The summed E-state index contributed by atoms with van der Waals surface area (Å²) in [5.41, 5.74) is 8.22. The third kappa shape index (κ3) is 4.34. The number of amides is 1. The maximum Gasteiger partial charge on any atom is 0.255 e. The Labute approximate surface area is 145 Å². The SMILES string of the molecule is Cc1cc(N)ccc1C(=O)Nc1ccc(Cl)cc1C(=O)CCCO. The number of rotatable bonds is 6. The number of carbonyl (C=O) groups excluding carboxylic acids is 2. The average molecular weight is 347 g/mol. The lowest BCUT2D eigenvalue weighted by Gasteiger charge is -2.12. The van der Waals surface area contributed by atoms with Crippen LogP contribution in [0, 0.1) is 6.92 Å². The third-order valence-electron chi connectivity index (χ3n) is 3.59. The highest BCUT2D eigenvalue weighted by atomic mass is 35.5. The Morgan fingerprint density at radius 2 is 1.92 bits per heavy atom. The molecule has 1 amide bonds. The largest absolute Gasteiger partial charge is 0.399 e.